The molecule has 2 rings (SSSR count). The normalized spacial score (nSPS) is 14.3. The predicted molar refractivity (Wildman–Crippen MR) is 87.8 cm³/mol. The number of unbranched alkanes of at least 4 members (excludes halogenated alkanes) is 7. The van der Waals surface area contributed by atoms with E-state index in [0.717, 1.165) is 18.7 Å². The van der Waals surface area contributed by atoms with Crippen LogP contribution in [-0.2, 0) is 6.54 Å². The minimum absolute atomic E-state index is 0.0172. The summed E-state index contributed by atoms with van der Waals surface area (Å²) < 4.78 is 1.59. The van der Waals surface area contributed by atoms with Crippen molar-refractivity contribution in [2.75, 3.05) is 5.32 Å². The number of nitrogens with one attached hydrogen (secondary N) is 1. The summed E-state index contributed by atoms with van der Waals surface area (Å²) in [5, 5.41) is 7.57. The van der Waals surface area contributed by atoms with E-state index in [0.29, 0.717) is 6.04 Å². The van der Waals surface area contributed by atoms with Crippen LogP contribution in [0.4, 0.5) is 5.69 Å². The van der Waals surface area contributed by atoms with E-state index in [1.54, 1.807) is 16.9 Å². The van der Waals surface area contributed by atoms with Gasteiger partial charge >= 0.3 is 0 Å². The quantitative estimate of drug-likeness (QED) is 0.628. The Kier molecular flexibility index (Phi) is 6.77. The summed E-state index contributed by atoms with van der Waals surface area (Å²) in [6, 6.07) is 2.24. The number of aromatic nitrogens is 2. The van der Waals surface area contributed by atoms with Crippen molar-refractivity contribution in [1.82, 2.24) is 9.78 Å². The molecule has 0 radical (unpaired) electrons. The minimum Gasteiger partial charge on any atom is -0.381 e. The molecule has 1 saturated carbocycles. The molecule has 0 saturated heterocycles. The van der Waals surface area contributed by atoms with Crippen molar-refractivity contribution in [2.45, 2.75) is 83.7 Å². The van der Waals surface area contributed by atoms with E-state index in [-0.39, 0.29) is 5.56 Å². The molecule has 0 aliphatic heterocycles. The molecule has 1 aliphatic rings. The summed E-state index contributed by atoms with van der Waals surface area (Å²) in [6.07, 6.45) is 14.4. The van der Waals surface area contributed by atoms with E-state index in [1.807, 2.05) is 0 Å². The van der Waals surface area contributed by atoms with Gasteiger partial charge in [0.2, 0.25) is 0 Å². The Morgan fingerprint density at radius 3 is 2.43 bits per heavy atom. The Labute approximate surface area is 127 Å². The lowest BCUT2D eigenvalue weighted by molar-refractivity contribution is 0.504. The Morgan fingerprint density at radius 1 is 1.14 bits per heavy atom. The molecule has 1 aromatic rings. The van der Waals surface area contributed by atoms with E-state index in [9.17, 15) is 4.79 Å². The number of nitrogens with zero attached hydrogens (tertiary/aromatic N) is 2. The fourth-order valence-electron chi connectivity index (χ4n) is 2.54. The van der Waals surface area contributed by atoms with Crippen LogP contribution in [0.3, 0.4) is 0 Å². The molecule has 1 aliphatic carbocycles. The maximum atomic E-state index is 11.9. The minimum atomic E-state index is 0.0172. The largest absolute Gasteiger partial charge is 0.381 e. The molecule has 21 heavy (non-hydrogen) atoms. The first-order valence-electron chi connectivity index (χ1n) is 8.63. The highest BCUT2D eigenvalue weighted by Gasteiger charge is 2.20. The molecule has 0 aromatic carbocycles. The number of rotatable bonds is 11. The third-order valence-corrected chi connectivity index (χ3v) is 4.04. The highest BCUT2D eigenvalue weighted by molar-refractivity contribution is 5.41. The maximum absolute atomic E-state index is 11.9. The van der Waals surface area contributed by atoms with E-state index in [2.05, 4.69) is 17.3 Å². The van der Waals surface area contributed by atoms with Crippen molar-refractivity contribution in [1.29, 1.82) is 0 Å². The van der Waals surface area contributed by atoms with Gasteiger partial charge < -0.3 is 5.32 Å². The van der Waals surface area contributed by atoms with Gasteiger partial charge in [-0.25, -0.2) is 4.68 Å². The van der Waals surface area contributed by atoms with Crippen molar-refractivity contribution in [3.05, 3.63) is 22.6 Å². The number of hydrogen-bond acceptors (Lipinski definition) is 3. The second-order valence-electron chi connectivity index (χ2n) is 6.20. The first-order chi connectivity index (χ1) is 10.3. The first-order valence-corrected chi connectivity index (χ1v) is 8.63. The molecule has 0 atom stereocenters. The van der Waals surface area contributed by atoms with E-state index in [4.69, 9.17) is 0 Å². The standard InChI is InChI=1S/C17H29N3O/c1-2-3-4-5-6-7-8-9-12-20-17(21)13-16(14-18-20)19-15-10-11-15/h13-15,19H,2-12H2,1H3. The fraction of sp³-hybridized carbons (Fsp3) is 0.765. The first kappa shape index (κ1) is 16.1. The van der Waals surface area contributed by atoms with Crippen LogP contribution in [0.25, 0.3) is 0 Å². The molecule has 118 valence electrons. The van der Waals surface area contributed by atoms with Gasteiger partial charge in [-0.05, 0) is 19.3 Å². The Hall–Kier alpha value is -1.32. The van der Waals surface area contributed by atoms with Crippen LogP contribution in [-0.4, -0.2) is 15.8 Å². The number of aryl methyl sites for hydroxylation is 1. The zero-order valence-corrected chi connectivity index (χ0v) is 13.3. The SMILES string of the molecule is CCCCCCCCCCn1ncc(NC2CC2)cc1=O. The lowest BCUT2D eigenvalue weighted by Crippen LogP contribution is -2.22. The fourth-order valence-corrected chi connectivity index (χ4v) is 2.54. The summed E-state index contributed by atoms with van der Waals surface area (Å²) in [5.74, 6) is 0. The van der Waals surface area contributed by atoms with Gasteiger partial charge in [0.1, 0.15) is 0 Å². The molecule has 0 spiro atoms. The van der Waals surface area contributed by atoms with Crippen molar-refractivity contribution in [3.8, 4) is 0 Å². The van der Waals surface area contributed by atoms with Gasteiger partial charge in [0, 0.05) is 18.7 Å². The molecule has 1 N–H and O–H groups in total. The van der Waals surface area contributed by atoms with Crippen molar-refractivity contribution in [2.24, 2.45) is 0 Å². The second-order valence-corrected chi connectivity index (χ2v) is 6.20. The van der Waals surface area contributed by atoms with Crippen molar-refractivity contribution < 1.29 is 0 Å². The van der Waals surface area contributed by atoms with Crippen molar-refractivity contribution in [3.63, 3.8) is 0 Å². The third-order valence-electron chi connectivity index (χ3n) is 4.04. The lowest BCUT2D eigenvalue weighted by atomic mass is 10.1. The number of anilines is 1. The van der Waals surface area contributed by atoms with Gasteiger partial charge in [-0.15, -0.1) is 0 Å². The van der Waals surface area contributed by atoms with Crippen LogP contribution >= 0.6 is 0 Å². The molecule has 1 heterocycles. The topological polar surface area (TPSA) is 46.9 Å². The molecule has 4 heteroatoms. The smallest absolute Gasteiger partial charge is 0.268 e. The average molecular weight is 291 g/mol. The highest BCUT2D eigenvalue weighted by Crippen LogP contribution is 2.23. The molecule has 1 aromatic heterocycles. The summed E-state index contributed by atoms with van der Waals surface area (Å²) in [4.78, 5) is 11.9. The van der Waals surface area contributed by atoms with Gasteiger partial charge in [-0.2, -0.15) is 5.10 Å². The molecule has 0 unspecified atom stereocenters. The molecule has 0 bridgehead atoms. The second kappa shape index (κ2) is 8.85. The monoisotopic (exact) mass is 291 g/mol. The van der Waals surface area contributed by atoms with Crippen LogP contribution in [0.1, 0.15) is 71.1 Å². The van der Waals surface area contributed by atoms with Crippen molar-refractivity contribution >= 4 is 5.69 Å². The zero-order chi connectivity index (χ0) is 14.9. The molecule has 4 nitrogen and oxygen atoms in total. The Morgan fingerprint density at radius 2 is 1.81 bits per heavy atom. The van der Waals surface area contributed by atoms with Gasteiger partial charge in [-0.1, -0.05) is 51.9 Å². The van der Waals surface area contributed by atoms with Crippen LogP contribution in [0.2, 0.25) is 0 Å². The summed E-state index contributed by atoms with van der Waals surface area (Å²) >= 11 is 0. The van der Waals surface area contributed by atoms with E-state index in [1.165, 1.54) is 57.8 Å². The summed E-state index contributed by atoms with van der Waals surface area (Å²) in [5.41, 5.74) is 0.887. The van der Waals surface area contributed by atoms with Crippen LogP contribution < -0.4 is 10.9 Å². The third kappa shape index (κ3) is 6.32. The lowest BCUT2D eigenvalue weighted by Gasteiger charge is -2.07. The molecular weight excluding hydrogens is 262 g/mol. The van der Waals surface area contributed by atoms with Gasteiger partial charge in [0.25, 0.3) is 5.56 Å². The summed E-state index contributed by atoms with van der Waals surface area (Å²) in [7, 11) is 0. The highest BCUT2D eigenvalue weighted by atomic mass is 16.1. The van der Waals surface area contributed by atoms with Crippen LogP contribution in [0, 0.1) is 0 Å². The van der Waals surface area contributed by atoms with E-state index >= 15 is 0 Å². The van der Waals surface area contributed by atoms with Gasteiger partial charge in [0.05, 0.1) is 11.9 Å². The predicted octanol–water partition coefficient (Wildman–Crippen LogP) is 3.96. The van der Waals surface area contributed by atoms with Crippen LogP contribution in [0.15, 0.2) is 17.1 Å². The molecular formula is C17H29N3O. The van der Waals surface area contributed by atoms with Gasteiger partial charge in [0.15, 0.2) is 0 Å². The van der Waals surface area contributed by atoms with Crippen LogP contribution in [0.5, 0.6) is 0 Å². The molecule has 0 amide bonds. The van der Waals surface area contributed by atoms with Gasteiger partial charge in [-0.3, -0.25) is 4.79 Å². The zero-order valence-electron chi connectivity index (χ0n) is 13.3. The number of hydrogen-bond donors (Lipinski definition) is 1. The Bertz CT molecular complexity index is 465. The maximum Gasteiger partial charge on any atom is 0.268 e. The average Bonchev–Trinajstić information content (AvgIpc) is 3.28. The molecule has 1 fully saturated rings. The Balaban J connectivity index is 1.60. The summed E-state index contributed by atoms with van der Waals surface area (Å²) in [6.45, 7) is 2.99. The van der Waals surface area contributed by atoms with E-state index < -0.39 is 0 Å².